The van der Waals surface area contributed by atoms with Crippen LogP contribution in [0.4, 0.5) is 5.69 Å². The van der Waals surface area contributed by atoms with Crippen molar-refractivity contribution < 1.29 is 4.79 Å². The summed E-state index contributed by atoms with van der Waals surface area (Å²) in [5, 5.41) is 2.71. The molecule has 0 atom stereocenters. The quantitative estimate of drug-likeness (QED) is 0.913. The summed E-state index contributed by atoms with van der Waals surface area (Å²) in [6, 6.07) is 8.87. The Labute approximate surface area is 143 Å². The first-order chi connectivity index (χ1) is 11.5. The molecule has 1 saturated heterocycles. The molecule has 2 aromatic rings. The first kappa shape index (κ1) is 16.6. The third kappa shape index (κ3) is 3.31. The molecule has 0 bridgehead atoms. The van der Waals surface area contributed by atoms with Crippen molar-refractivity contribution in [2.75, 3.05) is 16.8 Å². The minimum absolute atomic E-state index is 0.106. The Balaban J connectivity index is 1.84. The molecule has 3 rings (SSSR count). The minimum Gasteiger partial charge on any atom is -0.325 e. The number of carbonyl (C=O) groups is 1. The standard InChI is InChI=1S/C17H19N3O3S/c1-11-3-5-13(6-4-11)18-15(21)8-19-16(22)7-12(2)20(17(19)23)14-9-24-10-14/h3-7,14H,8-10H2,1-2H3,(H,18,21). The van der Waals surface area contributed by atoms with Crippen LogP contribution in [-0.2, 0) is 11.3 Å². The van der Waals surface area contributed by atoms with Crippen molar-refractivity contribution in [1.82, 2.24) is 9.13 Å². The number of hydrogen-bond donors (Lipinski definition) is 1. The highest BCUT2D eigenvalue weighted by Crippen LogP contribution is 2.28. The first-order valence-electron chi connectivity index (χ1n) is 7.73. The fraction of sp³-hybridized carbons (Fsp3) is 0.353. The number of nitrogens with zero attached hydrogens (tertiary/aromatic N) is 2. The molecule has 1 aliphatic heterocycles. The number of rotatable bonds is 4. The number of hydrogen-bond acceptors (Lipinski definition) is 4. The molecule has 1 aromatic heterocycles. The number of nitrogens with one attached hydrogen (secondary N) is 1. The number of thioether (sulfide) groups is 1. The van der Waals surface area contributed by atoms with Gasteiger partial charge in [0, 0.05) is 29.0 Å². The van der Waals surface area contributed by atoms with E-state index in [1.807, 2.05) is 19.1 Å². The largest absolute Gasteiger partial charge is 0.331 e. The number of benzene rings is 1. The highest BCUT2D eigenvalue weighted by Gasteiger charge is 2.24. The monoisotopic (exact) mass is 345 g/mol. The van der Waals surface area contributed by atoms with E-state index in [1.165, 1.54) is 6.07 Å². The van der Waals surface area contributed by atoms with Crippen molar-refractivity contribution in [3.63, 3.8) is 0 Å². The van der Waals surface area contributed by atoms with Gasteiger partial charge in [0.15, 0.2) is 0 Å². The van der Waals surface area contributed by atoms with E-state index in [4.69, 9.17) is 0 Å². The minimum atomic E-state index is -0.445. The number of aromatic nitrogens is 2. The van der Waals surface area contributed by atoms with E-state index in [0.717, 1.165) is 21.6 Å². The van der Waals surface area contributed by atoms with E-state index in [9.17, 15) is 14.4 Å². The summed E-state index contributed by atoms with van der Waals surface area (Å²) >= 11 is 1.76. The summed E-state index contributed by atoms with van der Waals surface area (Å²) in [4.78, 5) is 37.0. The van der Waals surface area contributed by atoms with Crippen molar-refractivity contribution >= 4 is 23.4 Å². The second-order valence-corrected chi connectivity index (χ2v) is 7.04. The molecule has 0 spiro atoms. The molecule has 126 valence electrons. The number of aryl methyl sites for hydroxylation is 2. The summed E-state index contributed by atoms with van der Waals surface area (Å²) in [7, 11) is 0. The van der Waals surface area contributed by atoms with Crippen LogP contribution in [0.25, 0.3) is 0 Å². The Morgan fingerprint density at radius 2 is 1.88 bits per heavy atom. The maximum absolute atomic E-state index is 12.6. The third-order valence-corrected chi connectivity index (χ3v) is 5.28. The number of anilines is 1. The van der Waals surface area contributed by atoms with E-state index in [2.05, 4.69) is 5.32 Å². The Morgan fingerprint density at radius 1 is 1.21 bits per heavy atom. The summed E-state index contributed by atoms with van der Waals surface area (Å²) in [5.41, 5.74) is 1.51. The molecule has 6 nitrogen and oxygen atoms in total. The number of carbonyl (C=O) groups excluding carboxylic acids is 1. The van der Waals surface area contributed by atoms with Gasteiger partial charge in [-0.1, -0.05) is 17.7 Å². The van der Waals surface area contributed by atoms with Crippen molar-refractivity contribution in [2.45, 2.75) is 26.4 Å². The van der Waals surface area contributed by atoms with Crippen LogP contribution in [0.1, 0.15) is 17.3 Å². The molecule has 0 radical (unpaired) electrons. The highest BCUT2D eigenvalue weighted by atomic mass is 32.2. The molecular formula is C17H19N3O3S. The molecule has 0 aliphatic carbocycles. The van der Waals surface area contributed by atoms with E-state index in [1.54, 1.807) is 35.4 Å². The summed E-state index contributed by atoms with van der Waals surface area (Å²) < 4.78 is 2.62. The molecule has 1 fully saturated rings. The van der Waals surface area contributed by atoms with Crippen LogP contribution in [-0.4, -0.2) is 26.5 Å². The second-order valence-electron chi connectivity index (χ2n) is 5.97. The van der Waals surface area contributed by atoms with Crippen molar-refractivity contribution in [2.24, 2.45) is 0 Å². The fourth-order valence-electron chi connectivity index (χ4n) is 2.64. The average Bonchev–Trinajstić information content (AvgIpc) is 2.48. The summed E-state index contributed by atoms with van der Waals surface area (Å²) in [5.74, 6) is 1.32. The van der Waals surface area contributed by atoms with Crippen molar-refractivity contribution in [3.05, 3.63) is 62.4 Å². The molecule has 7 heteroatoms. The van der Waals surface area contributed by atoms with Crippen LogP contribution in [0, 0.1) is 13.8 Å². The number of amides is 1. The smallest absolute Gasteiger partial charge is 0.325 e. The maximum atomic E-state index is 12.6. The molecule has 1 aromatic carbocycles. The van der Waals surface area contributed by atoms with Crippen LogP contribution in [0.3, 0.4) is 0 Å². The lowest BCUT2D eigenvalue weighted by molar-refractivity contribution is -0.116. The maximum Gasteiger partial charge on any atom is 0.331 e. The Morgan fingerprint density at radius 3 is 2.46 bits per heavy atom. The van der Waals surface area contributed by atoms with Crippen LogP contribution < -0.4 is 16.6 Å². The van der Waals surface area contributed by atoms with Gasteiger partial charge < -0.3 is 5.32 Å². The van der Waals surface area contributed by atoms with Gasteiger partial charge in [-0.25, -0.2) is 4.79 Å². The zero-order chi connectivity index (χ0) is 17.3. The van der Waals surface area contributed by atoms with E-state index < -0.39 is 17.2 Å². The van der Waals surface area contributed by atoms with E-state index in [-0.39, 0.29) is 12.6 Å². The Bertz CT molecular complexity index is 879. The average molecular weight is 345 g/mol. The third-order valence-electron chi connectivity index (χ3n) is 4.04. The fourth-order valence-corrected chi connectivity index (χ4v) is 3.39. The lowest BCUT2D eigenvalue weighted by atomic mass is 10.2. The zero-order valence-electron chi connectivity index (χ0n) is 13.6. The van der Waals surface area contributed by atoms with Crippen LogP contribution in [0.2, 0.25) is 0 Å². The van der Waals surface area contributed by atoms with Gasteiger partial charge in [0.1, 0.15) is 6.54 Å². The Kier molecular flexibility index (Phi) is 4.62. The first-order valence-corrected chi connectivity index (χ1v) is 8.88. The highest BCUT2D eigenvalue weighted by molar-refractivity contribution is 8.00. The summed E-state index contributed by atoms with van der Waals surface area (Å²) in [6.45, 7) is 3.42. The van der Waals surface area contributed by atoms with Gasteiger partial charge >= 0.3 is 5.69 Å². The molecule has 1 N–H and O–H groups in total. The predicted molar refractivity (Wildman–Crippen MR) is 95.9 cm³/mol. The van der Waals surface area contributed by atoms with Crippen LogP contribution >= 0.6 is 11.8 Å². The van der Waals surface area contributed by atoms with Gasteiger partial charge in [-0.3, -0.25) is 18.7 Å². The van der Waals surface area contributed by atoms with Gasteiger partial charge in [-0.2, -0.15) is 11.8 Å². The molecule has 0 unspecified atom stereocenters. The molecular weight excluding hydrogens is 326 g/mol. The van der Waals surface area contributed by atoms with Gasteiger partial charge in [-0.05, 0) is 26.0 Å². The normalized spacial score (nSPS) is 14.2. The van der Waals surface area contributed by atoms with Crippen molar-refractivity contribution in [1.29, 1.82) is 0 Å². The van der Waals surface area contributed by atoms with Gasteiger partial charge in [0.25, 0.3) is 5.56 Å². The van der Waals surface area contributed by atoms with Gasteiger partial charge in [-0.15, -0.1) is 0 Å². The van der Waals surface area contributed by atoms with Gasteiger partial charge in [0.05, 0.1) is 6.04 Å². The molecule has 0 saturated carbocycles. The van der Waals surface area contributed by atoms with Gasteiger partial charge in [0.2, 0.25) is 5.91 Å². The van der Waals surface area contributed by atoms with Crippen molar-refractivity contribution in [3.8, 4) is 0 Å². The Hall–Kier alpha value is -2.28. The molecule has 24 heavy (non-hydrogen) atoms. The lowest BCUT2D eigenvalue weighted by Crippen LogP contribution is -2.46. The molecule has 1 amide bonds. The SMILES string of the molecule is Cc1ccc(NC(=O)Cn2c(=O)cc(C)n(C3CSC3)c2=O)cc1. The van der Waals surface area contributed by atoms with E-state index in [0.29, 0.717) is 11.4 Å². The van der Waals surface area contributed by atoms with E-state index >= 15 is 0 Å². The zero-order valence-corrected chi connectivity index (χ0v) is 14.4. The molecule has 2 heterocycles. The predicted octanol–water partition coefficient (Wildman–Crippen LogP) is 1.55. The second kappa shape index (κ2) is 6.68. The topological polar surface area (TPSA) is 73.1 Å². The summed E-state index contributed by atoms with van der Waals surface area (Å²) in [6.07, 6.45) is 0. The van der Waals surface area contributed by atoms with Crippen LogP contribution in [0.15, 0.2) is 39.9 Å². The molecule has 1 aliphatic rings. The van der Waals surface area contributed by atoms with Crippen LogP contribution in [0.5, 0.6) is 0 Å². The lowest BCUT2D eigenvalue weighted by Gasteiger charge is -2.29.